The molecule has 3 heterocycles. The molecular formula is C13H15N5O2. The van der Waals surface area contributed by atoms with E-state index in [4.69, 9.17) is 4.52 Å². The average Bonchev–Trinajstić information content (AvgIpc) is 3.10. The Bertz CT molecular complexity index is 601. The zero-order valence-electron chi connectivity index (χ0n) is 11.2. The van der Waals surface area contributed by atoms with Crippen LogP contribution in [0.4, 0.5) is 11.6 Å². The number of amides is 1. The number of aromatic nitrogens is 3. The summed E-state index contributed by atoms with van der Waals surface area (Å²) in [6.07, 6.45) is 5.55. The Morgan fingerprint density at radius 3 is 2.60 bits per heavy atom. The Kier molecular flexibility index (Phi) is 3.32. The normalized spacial score (nSPS) is 14.6. The maximum atomic E-state index is 11.9. The van der Waals surface area contributed by atoms with Crippen molar-refractivity contribution < 1.29 is 9.32 Å². The van der Waals surface area contributed by atoms with E-state index >= 15 is 0 Å². The molecule has 1 aliphatic rings. The van der Waals surface area contributed by atoms with Crippen molar-refractivity contribution in [3.8, 4) is 0 Å². The first kappa shape index (κ1) is 12.6. The highest BCUT2D eigenvalue weighted by Crippen LogP contribution is 2.16. The van der Waals surface area contributed by atoms with E-state index in [0.717, 1.165) is 13.1 Å². The van der Waals surface area contributed by atoms with Gasteiger partial charge in [0.25, 0.3) is 5.91 Å². The third-order valence-electron chi connectivity index (χ3n) is 3.15. The van der Waals surface area contributed by atoms with Crippen LogP contribution >= 0.6 is 0 Å². The summed E-state index contributed by atoms with van der Waals surface area (Å²) in [6.45, 7) is 3.71. The van der Waals surface area contributed by atoms with Crippen LogP contribution in [-0.4, -0.2) is 34.1 Å². The fourth-order valence-corrected chi connectivity index (χ4v) is 2.13. The maximum Gasteiger partial charge on any atom is 0.277 e. The van der Waals surface area contributed by atoms with E-state index in [1.807, 2.05) is 0 Å². The van der Waals surface area contributed by atoms with E-state index in [9.17, 15) is 4.79 Å². The summed E-state index contributed by atoms with van der Waals surface area (Å²) < 4.78 is 4.86. The Hall–Kier alpha value is -2.44. The number of rotatable bonds is 3. The molecule has 1 fully saturated rings. The minimum Gasteiger partial charge on any atom is -0.361 e. The molecule has 1 N–H and O–H groups in total. The van der Waals surface area contributed by atoms with Crippen LogP contribution < -0.4 is 10.2 Å². The third kappa shape index (κ3) is 2.61. The second kappa shape index (κ2) is 5.28. The molecule has 0 radical (unpaired) electrons. The average molecular weight is 273 g/mol. The molecule has 20 heavy (non-hydrogen) atoms. The lowest BCUT2D eigenvalue weighted by Gasteiger charge is -2.14. The van der Waals surface area contributed by atoms with Crippen LogP contribution in [0.1, 0.15) is 29.1 Å². The molecule has 104 valence electrons. The summed E-state index contributed by atoms with van der Waals surface area (Å²) in [6, 6.07) is 1.58. The van der Waals surface area contributed by atoms with Gasteiger partial charge >= 0.3 is 0 Å². The van der Waals surface area contributed by atoms with Gasteiger partial charge in [0.1, 0.15) is 5.76 Å². The number of carbonyl (C=O) groups excluding carboxylic acids is 1. The Morgan fingerprint density at radius 2 is 2.00 bits per heavy atom. The molecule has 0 aliphatic carbocycles. The fraction of sp³-hybridized carbons (Fsp3) is 0.385. The second-order valence-electron chi connectivity index (χ2n) is 4.74. The number of nitrogens with zero attached hydrogens (tertiary/aromatic N) is 4. The van der Waals surface area contributed by atoms with E-state index in [2.05, 4.69) is 25.3 Å². The van der Waals surface area contributed by atoms with E-state index < -0.39 is 0 Å². The largest absolute Gasteiger partial charge is 0.361 e. The molecule has 0 saturated carbocycles. The second-order valence-corrected chi connectivity index (χ2v) is 4.74. The van der Waals surface area contributed by atoms with Crippen LogP contribution in [0.5, 0.6) is 0 Å². The highest BCUT2D eigenvalue weighted by molar-refractivity contribution is 6.02. The topological polar surface area (TPSA) is 84.2 Å². The number of hydrogen-bond donors (Lipinski definition) is 1. The number of nitrogens with one attached hydrogen (secondary N) is 1. The van der Waals surface area contributed by atoms with Gasteiger partial charge in [0, 0.05) is 19.2 Å². The quantitative estimate of drug-likeness (QED) is 0.914. The van der Waals surface area contributed by atoms with Crippen molar-refractivity contribution in [2.75, 3.05) is 23.3 Å². The van der Waals surface area contributed by atoms with Gasteiger partial charge in [0.05, 0.1) is 18.1 Å². The van der Waals surface area contributed by atoms with Gasteiger partial charge in [-0.15, -0.1) is 0 Å². The van der Waals surface area contributed by atoms with Crippen molar-refractivity contribution in [3.63, 3.8) is 0 Å². The standard InChI is InChI=1S/C13H15N5O2/c1-9-6-11(17-20-9)12(19)16-10-7-14-13(15-8-10)18-4-2-3-5-18/h6-8H,2-5H2,1H3,(H,16,19). The molecule has 1 amide bonds. The Balaban J connectivity index is 1.67. The highest BCUT2D eigenvalue weighted by atomic mass is 16.5. The zero-order chi connectivity index (χ0) is 13.9. The maximum absolute atomic E-state index is 11.9. The van der Waals surface area contributed by atoms with Crippen LogP contribution in [0.15, 0.2) is 23.0 Å². The van der Waals surface area contributed by atoms with E-state index in [-0.39, 0.29) is 11.6 Å². The van der Waals surface area contributed by atoms with Crippen molar-refractivity contribution in [1.82, 2.24) is 15.1 Å². The number of carbonyl (C=O) groups is 1. The van der Waals surface area contributed by atoms with E-state index in [0.29, 0.717) is 17.4 Å². The van der Waals surface area contributed by atoms with Crippen molar-refractivity contribution in [1.29, 1.82) is 0 Å². The van der Waals surface area contributed by atoms with Crippen LogP contribution in [-0.2, 0) is 0 Å². The molecule has 0 bridgehead atoms. The van der Waals surface area contributed by atoms with Gasteiger partial charge in [-0.05, 0) is 19.8 Å². The summed E-state index contributed by atoms with van der Waals surface area (Å²) in [5.41, 5.74) is 0.782. The minimum atomic E-state index is -0.334. The van der Waals surface area contributed by atoms with Gasteiger partial charge in [0.2, 0.25) is 5.95 Å². The first-order valence-corrected chi connectivity index (χ1v) is 6.54. The fourth-order valence-electron chi connectivity index (χ4n) is 2.13. The van der Waals surface area contributed by atoms with Crippen LogP contribution in [0.2, 0.25) is 0 Å². The van der Waals surface area contributed by atoms with Gasteiger partial charge in [-0.2, -0.15) is 0 Å². The molecule has 7 nitrogen and oxygen atoms in total. The van der Waals surface area contributed by atoms with Gasteiger partial charge in [-0.1, -0.05) is 5.16 Å². The highest BCUT2D eigenvalue weighted by Gasteiger charge is 2.15. The van der Waals surface area contributed by atoms with Gasteiger partial charge in [-0.3, -0.25) is 4.79 Å². The summed E-state index contributed by atoms with van der Waals surface area (Å²) in [5.74, 6) is 0.966. The number of anilines is 2. The molecule has 0 aromatic carbocycles. The van der Waals surface area contributed by atoms with Crippen molar-refractivity contribution >= 4 is 17.5 Å². The summed E-state index contributed by atoms with van der Waals surface area (Å²) in [7, 11) is 0. The lowest BCUT2D eigenvalue weighted by molar-refractivity contribution is 0.101. The molecule has 2 aromatic heterocycles. The third-order valence-corrected chi connectivity index (χ3v) is 3.15. The summed E-state index contributed by atoms with van der Waals surface area (Å²) in [4.78, 5) is 22.5. The molecule has 3 rings (SSSR count). The van der Waals surface area contributed by atoms with Crippen LogP contribution in [0, 0.1) is 6.92 Å². The number of aryl methyl sites for hydroxylation is 1. The molecule has 1 aliphatic heterocycles. The zero-order valence-corrected chi connectivity index (χ0v) is 11.2. The van der Waals surface area contributed by atoms with Gasteiger partial charge < -0.3 is 14.7 Å². The van der Waals surface area contributed by atoms with E-state index in [1.54, 1.807) is 25.4 Å². The molecular weight excluding hydrogens is 258 g/mol. The predicted octanol–water partition coefficient (Wildman–Crippen LogP) is 1.63. The molecule has 7 heteroatoms. The Labute approximate surface area is 116 Å². The first-order valence-electron chi connectivity index (χ1n) is 6.54. The van der Waals surface area contributed by atoms with Gasteiger partial charge in [0.15, 0.2) is 5.69 Å². The molecule has 1 saturated heterocycles. The molecule has 2 aromatic rings. The predicted molar refractivity (Wildman–Crippen MR) is 72.7 cm³/mol. The van der Waals surface area contributed by atoms with Crippen molar-refractivity contribution in [2.45, 2.75) is 19.8 Å². The smallest absolute Gasteiger partial charge is 0.277 e. The van der Waals surface area contributed by atoms with Crippen molar-refractivity contribution in [3.05, 3.63) is 29.9 Å². The first-order chi connectivity index (χ1) is 9.72. The summed E-state index contributed by atoms with van der Waals surface area (Å²) in [5, 5.41) is 6.34. The molecule has 0 unspecified atom stereocenters. The monoisotopic (exact) mass is 273 g/mol. The lowest BCUT2D eigenvalue weighted by Crippen LogP contribution is -2.20. The SMILES string of the molecule is Cc1cc(C(=O)Nc2cnc(N3CCCC3)nc2)no1. The number of hydrogen-bond acceptors (Lipinski definition) is 6. The summed E-state index contributed by atoms with van der Waals surface area (Å²) >= 11 is 0. The molecule has 0 atom stereocenters. The van der Waals surface area contributed by atoms with E-state index in [1.165, 1.54) is 12.8 Å². The van der Waals surface area contributed by atoms with Crippen LogP contribution in [0.25, 0.3) is 0 Å². The minimum absolute atomic E-state index is 0.242. The lowest BCUT2D eigenvalue weighted by atomic mass is 10.3. The van der Waals surface area contributed by atoms with Crippen molar-refractivity contribution in [2.24, 2.45) is 0 Å². The Morgan fingerprint density at radius 1 is 1.30 bits per heavy atom. The van der Waals surface area contributed by atoms with Gasteiger partial charge in [-0.25, -0.2) is 9.97 Å². The molecule has 0 spiro atoms. The van der Waals surface area contributed by atoms with Crippen LogP contribution in [0.3, 0.4) is 0 Å².